The van der Waals surface area contributed by atoms with Crippen molar-refractivity contribution in [2.45, 2.75) is 24.9 Å². The Morgan fingerprint density at radius 1 is 0.844 bits per heavy atom. The van der Waals surface area contributed by atoms with Gasteiger partial charge in [-0.3, -0.25) is 19.4 Å². The Morgan fingerprint density at radius 3 is 1.94 bits per heavy atom. The van der Waals surface area contributed by atoms with E-state index in [1.807, 2.05) is 12.1 Å². The molecule has 0 bridgehead atoms. The fraction of sp³-hybridized carbons (Fsp3) is 0.400. The number of piperazine rings is 1. The van der Waals surface area contributed by atoms with Crippen LogP contribution in [-0.4, -0.2) is 82.8 Å². The second-order valence-electron chi connectivity index (χ2n) is 8.76. The molecule has 2 saturated heterocycles. The first-order valence-corrected chi connectivity index (χ1v) is 11.3. The van der Waals surface area contributed by atoms with Crippen LogP contribution in [0.2, 0.25) is 0 Å². The van der Waals surface area contributed by atoms with Gasteiger partial charge in [-0.1, -0.05) is 60.7 Å². The third kappa shape index (κ3) is 4.12. The van der Waals surface area contributed by atoms with Gasteiger partial charge < -0.3 is 9.80 Å². The fourth-order valence-corrected chi connectivity index (χ4v) is 4.74. The lowest BCUT2D eigenvalue weighted by Gasteiger charge is -2.40. The lowest BCUT2D eigenvalue weighted by molar-refractivity contribution is -0.137. The van der Waals surface area contributed by atoms with Crippen molar-refractivity contribution in [3.8, 4) is 0 Å². The Hall–Kier alpha value is -3.19. The quantitative estimate of drug-likeness (QED) is 0.658. The minimum Gasteiger partial charge on any atom is -0.339 e. The lowest BCUT2D eigenvalue weighted by Crippen LogP contribution is -2.52. The Kier molecular flexibility index (Phi) is 5.66. The molecule has 3 fully saturated rings. The number of rotatable bonds is 6. The van der Waals surface area contributed by atoms with E-state index in [2.05, 4.69) is 53.4 Å². The number of benzene rings is 2. The topological polar surface area (TPSA) is 64.2 Å². The second kappa shape index (κ2) is 8.74. The maximum atomic E-state index is 12.9. The molecule has 7 nitrogen and oxygen atoms in total. The van der Waals surface area contributed by atoms with Gasteiger partial charge in [-0.2, -0.15) is 0 Å². The van der Waals surface area contributed by atoms with E-state index in [4.69, 9.17) is 0 Å². The fourth-order valence-electron chi connectivity index (χ4n) is 4.74. The highest BCUT2D eigenvalue weighted by atomic mass is 16.2. The van der Waals surface area contributed by atoms with Crippen molar-refractivity contribution in [1.29, 1.82) is 0 Å². The predicted molar refractivity (Wildman–Crippen MR) is 120 cm³/mol. The molecule has 2 aliphatic heterocycles. The van der Waals surface area contributed by atoms with Gasteiger partial charge in [0.25, 0.3) is 5.91 Å². The first-order valence-electron chi connectivity index (χ1n) is 11.3. The molecule has 5 rings (SSSR count). The van der Waals surface area contributed by atoms with E-state index in [-0.39, 0.29) is 43.0 Å². The maximum Gasteiger partial charge on any atom is 0.327 e. The summed E-state index contributed by atoms with van der Waals surface area (Å²) in [4.78, 5) is 44.6. The van der Waals surface area contributed by atoms with E-state index in [9.17, 15) is 14.4 Å². The molecule has 1 aliphatic carbocycles. The minimum absolute atomic E-state index is 0.111. The average Bonchev–Trinajstić information content (AvgIpc) is 3.63. The van der Waals surface area contributed by atoms with Gasteiger partial charge in [0.1, 0.15) is 13.1 Å². The Labute approximate surface area is 188 Å². The zero-order chi connectivity index (χ0) is 22.1. The normalized spacial score (nSPS) is 19.8. The van der Waals surface area contributed by atoms with Crippen LogP contribution in [0.5, 0.6) is 0 Å². The Morgan fingerprint density at radius 2 is 1.41 bits per heavy atom. The van der Waals surface area contributed by atoms with E-state index in [1.54, 1.807) is 9.80 Å². The first-order chi connectivity index (χ1) is 15.6. The average molecular weight is 433 g/mol. The highest BCUT2D eigenvalue weighted by molar-refractivity contribution is 6.04. The van der Waals surface area contributed by atoms with Crippen LogP contribution < -0.4 is 0 Å². The van der Waals surface area contributed by atoms with Crippen molar-refractivity contribution < 1.29 is 14.4 Å². The second-order valence-corrected chi connectivity index (χ2v) is 8.76. The van der Waals surface area contributed by atoms with Crippen molar-refractivity contribution >= 4 is 17.8 Å². The summed E-state index contributed by atoms with van der Waals surface area (Å²) in [5.41, 5.74) is 2.46. The summed E-state index contributed by atoms with van der Waals surface area (Å²) < 4.78 is 0. The van der Waals surface area contributed by atoms with Crippen LogP contribution in [0.3, 0.4) is 0 Å². The van der Waals surface area contributed by atoms with Crippen molar-refractivity contribution in [3.05, 3.63) is 71.8 Å². The van der Waals surface area contributed by atoms with Crippen LogP contribution in [0.4, 0.5) is 4.79 Å². The summed E-state index contributed by atoms with van der Waals surface area (Å²) in [5, 5.41) is 0. The first kappa shape index (κ1) is 20.7. The van der Waals surface area contributed by atoms with E-state index < -0.39 is 0 Å². The summed E-state index contributed by atoms with van der Waals surface area (Å²) >= 11 is 0. The molecule has 0 aromatic heterocycles. The van der Waals surface area contributed by atoms with E-state index in [1.165, 1.54) is 11.1 Å². The van der Waals surface area contributed by atoms with Crippen molar-refractivity contribution in [2.24, 2.45) is 0 Å². The molecule has 166 valence electrons. The lowest BCUT2D eigenvalue weighted by atomic mass is 9.96. The molecule has 2 aromatic carbocycles. The molecule has 2 aromatic rings. The summed E-state index contributed by atoms with van der Waals surface area (Å²) in [6.07, 6.45) is 1.90. The van der Waals surface area contributed by atoms with Gasteiger partial charge in [-0.25, -0.2) is 4.79 Å². The molecule has 0 atom stereocenters. The largest absolute Gasteiger partial charge is 0.339 e. The Balaban J connectivity index is 1.23. The van der Waals surface area contributed by atoms with Gasteiger partial charge in [-0.15, -0.1) is 0 Å². The van der Waals surface area contributed by atoms with E-state index >= 15 is 0 Å². The monoisotopic (exact) mass is 432 g/mol. The highest BCUT2D eigenvalue weighted by Crippen LogP contribution is 2.31. The molecular formula is C25H28N4O3. The molecule has 2 heterocycles. The molecule has 0 N–H and O–H groups in total. The summed E-state index contributed by atoms with van der Waals surface area (Å²) in [6, 6.07) is 20.8. The molecule has 32 heavy (non-hydrogen) atoms. The minimum atomic E-state index is -0.308. The molecule has 0 radical (unpaired) electrons. The molecule has 3 aliphatic rings. The molecule has 7 heteroatoms. The van der Waals surface area contributed by atoms with Crippen LogP contribution in [0, 0.1) is 0 Å². The molecule has 4 amide bonds. The van der Waals surface area contributed by atoms with E-state index in [0.29, 0.717) is 13.1 Å². The zero-order valence-electron chi connectivity index (χ0n) is 18.1. The van der Waals surface area contributed by atoms with Gasteiger partial charge in [-0.05, 0) is 24.0 Å². The SMILES string of the molecule is O=C(CN1C(=O)CN(C2CC2)C1=O)N1CCN(C(c2ccccc2)c2ccccc2)CC1. The summed E-state index contributed by atoms with van der Waals surface area (Å²) in [6.45, 7) is 2.59. The van der Waals surface area contributed by atoms with Crippen LogP contribution in [-0.2, 0) is 9.59 Å². The molecular weight excluding hydrogens is 404 g/mol. The van der Waals surface area contributed by atoms with Crippen molar-refractivity contribution in [3.63, 3.8) is 0 Å². The number of urea groups is 1. The number of nitrogens with zero attached hydrogens (tertiary/aromatic N) is 4. The van der Waals surface area contributed by atoms with Gasteiger partial charge in [0, 0.05) is 32.2 Å². The number of amides is 4. The third-order valence-electron chi connectivity index (χ3n) is 6.63. The maximum absolute atomic E-state index is 12.9. The zero-order valence-corrected chi connectivity index (χ0v) is 18.1. The summed E-state index contributed by atoms with van der Waals surface area (Å²) in [5.74, 6) is -0.415. The van der Waals surface area contributed by atoms with Gasteiger partial charge >= 0.3 is 6.03 Å². The third-order valence-corrected chi connectivity index (χ3v) is 6.63. The van der Waals surface area contributed by atoms with E-state index in [0.717, 1.165) is 30.8 Å². The highest BCUT2D eigenvalue weighted by Gasteiger charge is 2.44. The van der Waals surface area contributed by atoms with Gasteiger partial charge in [0.15, 0.2) is 0 Å². The van der Waals surface area contributed by atoms with Crippen molar-refractivity contribution in [1.82, 2.24) is 19.6 Å². The smallest absolute Gasteiger partial charge is 0.327 e. The molecule has 0 unspecified atom stereocenters. The van der Waals surface area contributed by atoms with Gasteiger partial charge in [0.2, 0.25) is 5.91 Å². The van der Waals surface area contributed by atoms with Crippen LogP contribution in [0.1, 0.15) is 30.0 Å². The number of imide groups is 1. The standard InChI is InChI=1S/C25H28N4O3/c30-22(17-29-23(31)18-28(25(29)32)21-11-12-21)26-13-15-27(16-14-26)24(19-7-3-1-4-8-19)20-9-5-2-6-10-20/h1-10,21,24H,11-18H2. The summed E-state index contributed by atoms with van der Waals surface area (Å²) in [7, 11) is 0. The van der Waals surface area contributed by atoms with Crippen LogP contribution in [0.25, 0.3) is 0 Å². The Bertz CT molecular complexity index is 945. The van der Waals surface area contributed by atoms with Gasteiger partial charge in [0.05, 0.1) is 6.04 Å². The van der Waals surface area contributed by atoms with Crippen LogP contribution in [0.15, 0.2) is 60.7 Å². The number of carbonyl (C=O) groups is 3. The molecule has 1 saturated carbocycles. The predicted octanol–water partition coefficient (Wildman–Crippen LogP) is 2.35. The molecule has 0 spiro atoms. The van der Waals surface area contributed by atoms with Crippen LogP contribution >= 0.6 is 0 Å². The number of hydrogen-bond donors (Lipinski definition) is 0. The number of hydrogen-bond acceptors (Lipinski definition) is 4. The number of carbonyl (C=O) groups excluding carboxylic acids is 3. The van der Waals surface area contributed by atoms with Crippen molar-refractivity contribution in [2.75, 3.05) is 39.3 Å².